The third kappa shape index (κ3) is 3.76. The average Bonchev–Trinajstić information content (AvgIpc) is 2.63. The SMILES string of the molecule is CN(C)C=CC(=O)C=Cc1ccc[nH]1. The molecular weight excluding hydrogens is 176 g/mol. The molecule has 0 unspecified atom stereocenters. The monoisotopic (exact) mass is 190 g/mol. The summed E-state index contributed by atoms with van der Waals surface area (Å²) in [6, 6.07) is 3.79. The minimum Gasteiger partial charge on any atom is -0.383 e. The third-order valence-corrected chi connectivity index (χ3v) is 1.59. The maximum Gasteiger partial charge on any atom is 0.180 e. The molecule has 0 aliphatic rings. The van der Waals surface area contributed by atoms with Gasteiger partial charge in [0, 0.05) is 38.3 Å². The van der Waals surface area contributed by atoms with Gasteiger partial charge in [-0.15, -0.1) is 0 Å². The second-order valence-corrected chi connectivity index (χ2v) is 3.14. The molecule has 1 aromatic heterocycles. The molecule has 0 saturated carbocycles. The van der Waals surface area contributed by atoms with Crippen molar-refractivity contribution in [2.24, 2.45) is 0 Å². The number of hydrogen-bond donors (Lipinski definition) is 1. The maximum absolute atomic E-state index is 11.2. The van der Waals surface area contributed by atoms with E-state index in [0.29, 0.717) is 0 Å². The molecule has 3 heteroatoms. The summed E-state index contributed by atoms with van der Waals surface area (Å²) in [7, 11) is 3.75. The van der Waals surface area contributed by atoms with E-state index in [1.807, 2.05) is 37.3 Å². The minimum atomic E-state index is -0.0201. The summed E-state index contributed by atoms with van der Waals surface area (Å²) < 4.78 is 0. The molecule has 3 nitrogen and oxygen atoms in total. The van der Waals surface area contributed by atoms with Crippen LogP contribution in [0.4, 0.5) is 0 Å². The molecule has 0 spiro atoms. The molecule has 0 bridgehead atoms. The fourth-order valence-corrected chi connectivity index (χ4v) is 0.898. The molecule has 74 valence electrons. The summed E-state index contributed by atoms with van der Waals surface area (Å²) in [5, 5.41) is 0. The summed E-state index contributed by atoms with van der Waals surface area (Å²) in [5.74, 6) is -0.0201. The van der Waals surface area contributed by atoms with Crippen molar-refractivity contribution in [1.82, 2.24) is 9.88 Å². The number of hydrogen-bond acceptors (Lipinski definition) is 2. The molecule has 0 amide bonds. The zero-order valence-electron chi connectivity index (χ0n) is 8.40. The van der Waals surface area contributed by atoms with Gasteiger partial charge < -0.3 is 9.88 Å². The maximum atomic E-state index is 11.2. The van der Waals surface area contributed by atoms with Crippen LogP contribution in [-0.2, 0) is 4.79 Å². The fraction of sp³-hybridized carbons (Fsp3) is 0.182. The lowest BCUT2D eigenvalue weighted by Crippen LogP contribution is -2.01. The van der Waals surface area contributed by atoms with Crippen molar-refractivity contribution in [3.8, 4) is 0 Å². The Kier molecular flexibility index (Phi) is 3.73. The molecule has 0 aromatic carbocycles. The van der Waals surface area contributed by atoms with Crippen LogP contribution in [0.5, 0.6) is 0 Å². The zero-order chi connectivity index (χ0) is 10.4. The Morgan fingerprint density at radius 1 is 1.43 bits per heavy atom. The second kappa shape index (κ2) is 5.07. The number of ketones is 1. The van der Waals surface area contributed by atoms with Crippen LogP contribution in [-0.4, -0.2) is 29.8 Å². The van der Waals surface area contributed by atoms with Crippen LogP contribution < -0.4 is 0 Å². The third-order valence-electron chi connectivity index (χ3n) is 1.59. The number of rotatable bonds is 4. The van der Waals surface area contributed by atoms with Crippen LogP contribution in [0.25, 0.3) is 6.08 Å². The van der Waals surface area contributed by atoms with Gasteiger partial charge in [0.1, 0.15) is 0 Å². The minimum absolute atomic E-state index is 0.0201. The second-order valence-electron chi connectivity index (χ2n) is 3.14. The molecule has 1 rings (SSSR count). The van der Waals surface area contributed by atoms with E-state index in [0.717, 1.165) is 5.69 Å². The Morgan fingerprint density at radius 3 is 2.79 bits per heavy atom. The smallest absolute Gasteiger partial charge is 0.180 e. The summed E-state index contributed by atoms with van der Waals surface area (Å²) in [6.07, 6.45) is 8.36. The summed E-state index contributed by atoms with van der Waals surface area (Å²) >= 11 is 0. The van der Waals surface area contributed by atoms with Gasteiger partial charge in [0.25, 0.3) is 0 Å². The highest BCUT2D eigenvalue weighted by Gasteiger charge is 1.89. The number of aromatic amines is 1. The van der Waals surface area contributed by atoms with Crippen molar-refractivity contribution in [2.75, 3.05) is 14.1 Å². The Labute approximate surface area is 83.7 Å². The molecule has 0 radical (unpaired) electrons. The van der Waals surface area contributed by atoms with E-state index >= 15 is 0 Å². The highest BCUT2D eigenvalue weighted by Crippen LogP contribution is 1.97. The van der Waals surface area contributed by atoms with E-state index in [2.05, 4.69) is 4.98 Å². The number of nitrogens with zero attached hydrogens (tertiary/aromatic N) is 1. The predicted molar refractivity (Wildman–Crippen MR) is 57.7 cm³/mol. The van der Waals surface area contributed by atoms with E-state index in [9.17, 15) is 4.79 Å². The van der Waals surface area contributed by atoms with Gasteiger partial charge in [-0.05, 0) is 24.3 Å². The Balaban J connectivity index is 2.49. The lowest BCUT2D eigenvalue weighted by atomic mass is 10.3. The van der Waals surface area contributed by atoms with Gasteiger partial charge in [0.05, 0.1) is 0 Å². The van der Waals surface area contributed by atoms with Crippen LogP contribution in [0, 0.1) is 0 Å². The predicted octanol–water partition coefficient (Wildman–Crippen LogP) is 1.67. The first kappa shape index (κ1) is 10.3. The molecule has 1 heterocycles. The van der Waals surface area contributed by atoms with E-state index in [4.69, 9.17) is 0 Å². The van der Waals surface area contributed by atoms with Crippen molar-refractivity contribution in [3.05, 3.63) is 42.4 Å². The van der Waals surface area contributed by atoms with E-state index in [1.54, 1.807) is 12.3 Å². The van der Waals surface area contributed by atoms with Gasteiger partial charge >= 0.3 is 0 Å². The van der Waals surface area contributed by atoms with Gasteiger partial charge in [-0.2, -0.15) is 0 Å². The van der Waals surface area contributed by atoms with Crippen LogP contribution in [0.15, 0.2) is 36.7 Å². The standard InChI is InChI=1S/C11H14N2O/c1-13(2)9-7-11(14)6-5-10-4-3-8-12-10/h3-9,12H,1-2H3. The molecular formula is C11H14N2O. The van der Waals surface area contributed by atoms with Crippen molar-refractivity contribution in [2.45, 2.75) is 0 Å². The van der Waals surface area contributed by atoms with Crippen LogP contribution in [0.2, 0.25) is 0 Å². The largest absolute Gasteiger partial charge is 0.383 e. The number of nitrogens with one attached hydrogen (secondary N) is 1. The van der Waals surface area contributed by atoms with Crippen LogP contribution in [0.1, 0.15) is 5.69 Å². The quantitative estimate of drug-likeness (QED) is 0.733. The Morgan fingerprint density at radius 2 is 2.21 bits per heavy atom. The summed E-state index contributed by atoms with van der Waals surface area (Å²) in [6.45, 7) is 0. The van der Waals surface area contributed by atoms with Gasteiger partial charge in [0.2, 0.25) is 0 Å². The van der Waals surface area contributed by atoms with Crippen molar-refractivity contribution >= 4 is 11.9 Å². The summed E-state index contributed by atoms with van der Waals surface area (Å²) in [4.78, 5) is 16.0. The molecule has 0 fully saturated rings. The number of carbonyl (C=O) groups is 1. The van der Waals surface area contributed by atoms with Crippen molar-refractivity contribution in [1.29, 1.82) is 0 Å². The highest BCUT2D eigenvalue weighted by molar-refractivity contribution is 6.01. The molecule has 0 saturated heterocycles. The first-order valence-electron chi connectivity index (χ1n) is 4.38. The van der Waals surface area contributed by atoms with Gasteiger partial charge in [-0.25, -0.2) is 0 Å². The van der Waals surface area contributed by atoms with E-state index in [1.165, 1.54) is 12.2 Å². The van der Waals surface area contributed by atoms with Crippen molar-refractivity contribution in [3.63, 3.8) is 0 Å². The summed E-state index contributed by atoms with van der Waals surface area (Å²) in [5.41, 5.74) is 0.927. The molecule has 1 N–H and O–H groups in total. The fourth-order valence-electron chi connectivity index (χ4n) is 0.898. The first-order valence-corrected chi connectivity index (χ1v) is 4.38. The topological polar surface area (TPSA) is 36.1 Å². The Bertz CT molecular complexity index is 334. The first-order chi connectivity index (χ1) is 6.68. The number of H-pyrrole nitrogens is 1. The van der Waals surface area contributed by atoms with Crippen molar-refractivity contribution < 1.29 is 4.79 Å². The van der Waals surface area contributed by atoms with Crippen LogP contribution in [0.3, 0.4) is 0 Å². The lowest BCUT2D eigenvalue weighted by molar-refractivity contribution is -0.110. The molecule has 0 atom stereocenters. The van der Waals surface area contributed by atoms with Gasteiger partial charge in [0.15, 0.2) is 5.78 Å². The van der Waals surface area contributed by atoms with Gasteiger partial charge in [-0.3, -0.25) is 4.79 Å². The molecule has 14 heavy (non-hydrogen) atoms. The van der Waals surface area contributed by atoms with Crippen LogP contribution >= 0.6 is 0 Å². The van der Waals surface area contributed by atoms with Gasteiger partial charge in [-0.1, -0.05) is 0 Å². The average molecular weight is 190 g/mol. The number of carbonyl (C=O) groups excluding carboxylic acids is 1. The molecule has 0 aliphatic heterocycles. The number of aromatic nitrogens is 1. The van der Waals surface area contributed by atoms with E-state index < -0.39 is 0 Å². The van der Waals surface area contributed by atoms with E-state index in [-0.39, 0.29) is 5.78 Å². The Hall–Kier alpha value is -1.77. The molecule has 1 aromatic rings. The number of allylic oxidation sites excluding steroid dienone is 2. The lowest BCUT2D eigenvalue weighted by Gasteiger charge is -2.00. The normalized spacial score (nSPS) is 11.3. The highest BCUT2D eigenvalue weighted by atomic mass is 16.1. The zero-order valence-corrected chi connectivity index (χ0v) is 8.40. The molecule has 0 aliphatic carbocycles.